The molecule has 20 heavy (non-hydrogen) atoms. The van der Waals surface area contributed by atoms with Gasteiger partial charge in [-0.05, 0) is 46.3 Å². The number of hydrogen-bond acceptors (Lipinski definition) is 3. The standard InChI is InChI=1S/C14H12Br2ClNO2/c1-20-14-11(16)5-10(17)6-12(14)18-7-8-4-9(15)2-3-13(8)19/h2-6,18-19H,7H2,1H3. The summed E-state index contributed by atoms with van der Waals surface area (Å²) < 4.78 is 7.01. The van der Waals surface area contributed by atoms with Crippen molar-refractivity contribution in [2.45, 2.75) is 6.54 Å². The average Bonchev–Trinajstić information content (AvgIpc) is 2.39. The van der Waals surface area contributed by atoms with Crippen molar-refractivity contribution < 1.29 is 9.84 Å². The molecule has 2 rings (SSSR count). The van der Waals surface area contributed by atoms with Crippen LogP contribution in [0.5, 0.6) is 11.5 Å². The first-order valence-electron chi connectivity index (χ1n) is 5.75. The van der Waals surface area contributed by atoms with Crippen LogP contribution in [0.4, 0.5) is 5.69 Å². The number of methoxy groups -OCH3 is 1. The normalized spacial score (nSPS) is 10.4. The van der Waals surface area contributed by atoms with Crippen LogP contribution in [0.25, 0.3) is 0 Å². The Morgan fingerprint density at radius 2 is 2.00 bits per heavy atom. The van der Waals surface area contributed by atoms with E-state index in [1.807, 2.05) is 6.07 Å². The highest BCUT2D eigenvalue weighted by Crippen LogP contribution is 2.36. The highest BCUT2D eigenvalue weighted by Gasteiger charge is 2.10. The molecule has 0 amide bonds. The predicted molar refractivity (Wildman–Crippen MR) is 88.8 cm³/mol. The van der Waals surface area contributed by atoms with Gasteiger partial charge in [0.2, 0.25) is 0 Å². The Kier molecular flexibility index (Phi) is 5.18. The molecule has 0 radical (unpaired) electrons. The van der Waals surface area contributed by atoms with Crippen LogP contribution in [0.15, 0.2) is 39.3 Å². The first-order valence-corrected chi connectivity index (χ1v) is 7.72. The average molecular weight is 422 g/mol. The van der Waals surface area contributed by atoms with Gasteiger partial charge in [-0.15, -0.1) is 0 Å². The number of phenols is 1. The monoisotopic (exact) mass is 419 g/mol. The molecule has 2 aromatic rings. The molecule has 6 heteroatoms. The zero-order chi connectivity index (χ0) is 14.7. The van der Waals surface area contributed by atoms with E-state index in [1.165, 1.54) is 0 Å². The van der Waals surface area contributed by atoms with Gasteiger partial charge in [-0.1, -0.05) is 27.5 Å². The van der Waals surface area contributed by atoms with Crippen LogP contribution in [-0.4, -0.2) is 12.2 Å². The van der Waals surface area contributed by atoms with E-state index in [1.54, 1.807) is 31.4 Å². The summed E-state index contributed by atoms with van der Waals surface area (Å²) in [4.78, 5) is 0. The summed E-state index contributed by atoms with van der Waals surface area (Å²) in [5.74, 6) is 0.907. The molecule has 0 atom stereocenters. The van der Waals surface area contributed by atoms with Crippen molar-refractivity contribution in [3.63, 3.8) is 0 Å². The molecule has 0 bridgehead atoms. The summed E-state index contributed by atoms with van der Waals surface area (Å²) in [5.41, 5.74) is 1.53. The lowest BCUT2D eigenvalue weighted by molar-refractivity contribution is 0.413. The molecule has 0 heterocycles. The third-order valence-corrected chi connectivity index (χ3v) is 4.02. The zero-order valence-corrected chi connectivity index (χ0v) is 14.5. The van der Waals surface area contributed by atoms with Gasteiger partial charge in [0, 0.05) is 21.6 Å². The minimum atomic E-state index is 0.237. The SMILES string of the molecule is COc1c(Br)cc(Cl)cc1NCc1cc(Br)ccc1O. The van der Waals surface area contributed by atoms with E-state index < -0.39 is 0 Å². The number of aromatic hydroxyl groups is 1. The Morgan fingerprint density at radius 3 is 2.70 bits per heavy atom. The van der Waals surface area contributed by atoms with Gasteiger partial charge in [-0.2, -0.15) is 0 Å². The van der Waals surface area contributed by atoms with Crippen molar-refractivity contribution in [1.82, 2.24) is 0 Å². The van der Waals surface area contributed by atoms with Gasteiger partial charge in [-0.25, -0.2) is 0 Å². The van der Waals surface area contributed by atoms with Gasteiger partial charge in [0.1, 0.15) is 5.75 Å². The molecule has 0 aliphatic heterocycles. The summed E-state index contributed by atoms with van der Waals surface area (Å²) in [6.45, 7) is 0.453. The maximum atomic E-state index is 9.82. The first-order chi connectivity index (χ1) is 9.51. The fraction of sp³-hybridized carbons (Fsp3) is 0.143. The molecule has 0 aliphatic rings. The van der Waals surface area contributed by atoms with Gasteiger partial charge < -0.3 is 15.2 Å². The van der Waals surface area contributed by atoms with E-state index in [4.69, 9.17) is 16.3 Å². The number of halogens is 3. The molecule has 0 saturated carbocycles. The van der Waals surface area contributed by atoms with E-state index in [0.717, 1.165) is 20.2 Å². The number of benzene rings is 2. The minimum absolute atomic E-state index is 0.237. The van der Waals surface area contributed by atoms with E-state index in [2.05, 4.69) is 37.2 Å². The van der Waals surface area contributed by atoms with Crippen LogP contribution in [0.2, 0.25) is 5.02 Å². The Hall–Kier alpha value is -0.910. The van der Waals surface area contributed by atoms with Crippen molar-refractivity contribution in [3.05, 3.63) is 49.9 Å². The predicted octanol–water partition coefficient (Wildman–Crippen LogP) is 5.19. The second-order valence-corrected chi connectivity index (χ2v) is 6.30. The van der Waals surface area contributed by atoms with Gasteiger partial charge in [0.15, 0.2) is 5.75 Å². The number of nitrogens with one attached hydrogen (secondary N) is 1. The fourth-order valence-corrected chi connectivity index (χ4v) is 3.17. The molecule has 2 N–H and O–H groups in total. The van der Waals surface area contributed by atoms with Crippen molar-refractivity contribution in [2.24, 2.45) is 0 Å². The summed E-state index contributed by atoms with van der Waals surface area (Å²) in [7, 11) is 1.59. The molecule has 0 aromatic heterocycles. The number of anilines is 1. The fourth-order valence-electron chi connectivity index (χ4n) is 1.79. The molecular formula is C14H12Br2ClNO2. The van der Waals surface area contributed by atoms with Crippen LogP contribution >= 0.6 is 43.5 Å². The summed E-state index contributed by atoms with van der Waals surface area (Å²) in [6, 6.07) is 8.83. The maximum Gasteiger partial charge on any atom is 0.156 e. The summed E-state index contributed by atoms with van der Waals surface area (Å²) in [6.07, 6.45) is 0. The van der Waals surface area contributed by atoms with E-state index in [0.29, 0.717) is 17.3 Å². The van der Waals surface area contributed by atoms with Crippen LogP contribution < -0.4 is 10.1 Å². The zero-order valence-electron chi connectivity index (χ0n) is 10.6. The van der Waals surface area contributed by atoms with Crippen LogP contribution in [0.1, 0.15) is 5.56 Å². The minimum Gasteiger partial charge on any atom is -0.508 e. The van der Waals surface area contributed by atoms with Gasteiger partial charge in [0.25, 0.3) is 0 Å². The Morgan fingerprint density at radius 1 is 1.25 bits per heavy atom. The number of phenolic OH excluding ortho intramolecular Hbond substituents is 1. The van der Waals surface area contributed by atoms with Crippen LogP contribution in [0.3, 0.4) is 0 Å². The Labute approximate surface area is 139 Å². The second kappa shape index (κ2) is 6.70. The third-order valence-electron chi connectivity index (χ3n) is 2.72. The molecule has 106 valence electrons. The number of hydrogen-bond donors (Lipinski definition) is 2. The van der Waals surface area contributed by atoms with Crippen molar-refractivity contribution >= 4 is 49.1 Å². The number of ether oxygens (including phenoxy) is 1. The lowest BCUT2D eigenvalue weighted by Gasteiger charge is -2.14. The molecule has 0 unspecified atom stereocenters. The largest absolute Gasteiger partial charge is 0.508 e. The number of rotatable bonds is 4. The van der Waals surface area contributed by atoms with Crippen molar-refractivity contribution in [3.8, 4) is 11.5 Å². The maximum absolute atomic E-state index is 9.82. The quantitative estimate of drug-likeness (QED) is 0.714. The molecule has 2 aromatic carbocycles. The van der Waals surface area contributed by atoms with Crippen LogP contribution in [0, 0.1) is 0 Å². The molecule has 0 spiro atoms. The lowest BCUT2D eigenvalue weighted by Crippen LogP contribution is -2.02. The highest BCUT2D eigenvalue weighted by molar-refractivity contribution is 9.10. The van der Waals surface area contributed by atoms with Gasteiger partial charge in [-0.3, -0.25) is 0 Å². The van der Waals surface area contributed by atoms with Crippen molar-refractivity contribution in [2.75, 3.05) is 12.4 Å². The van der Waals surface area contributed by atoms with E-state index in [-0.39, 0.29) is 5.75 Å². The smallest absolute Gasteiger partial charge is 0.156 e. The molecule has 0 aliphatic carbocycles. The van der Waals surface area contributed by atoms with Crippen LogP contribution in [-0.2, 0) is 6.54 Å². The Balaban J connectivity index is 2.24. The first kappa shape index (κ1) is 15.5. The molecule has 3 nitrogen and oxygen atoms in total. The Bertz CT molecular complexity index is 635. The summed E-state index contributed by atoms with van der Waals surface area (Å²) >= 11 is 12.8. The highest BCUT2D eigenvalue weighted by atomic mass is 79.9. The van der Waals surface area contributed by atoms with Gasteiger partial charge in [0.05, 0.1) is 17.3 Å². The van der Waals surface area contributed by atoms with Gasteiger partial charge >= 0.3 is 0 Å². The third kappa shape index (κ3) is 3.59. The van der Waals surface area contributed by atoms with E-state index in [9.17, 15) is 5.11 Å². The van der Waals surface area contributed by atoms with Crippen molar-refractivity contribution in [1.29, 1.82) is 0 Å². The summed E-state index contributed by atoms with van der Waals surface area (Å²) in [5, 5.41) is 13.6. The second-order valence-electron chi connectivity index (χ2n) is 4.10. The molecule has 0 fully saturated rings. The lowest BCUT2D eigenvalue weighted by atomic mass is 10.2. The van der Waals surface area contributed by atoms with E-state index >= 15 is 0 Å². The molecular weight excluding hydrogens is 409 g/mol. The molecule has 0 saturated heterocycles. The topological polar surface area (TPSA) is 41.5 Å².